The van der Waals surface area contributed by atoms with Crippen molar-refractivity contribution < 1.29 is 9.90 Å². The highest BCUT2D eigenvalue weighted by atomic mass is 16.4. The van der Waals surface area contributed by atoms with Crippen molar-refractivity contribution in [2.75, 3.05) is 20.1 Å². The quantitative estimate of drug-likeness (QED) is 0.712. The van der Waals surface area contributed by atoms with Crippen molar-refractivity contribution in [1.82, 2.24) is 14.5 Å². The van der Waals surface area contributed by atoms with Gasteiger partial charge in [0.2, 0.25) is 0 Å². The van der Waals surface area contributed by atoms with Crippen LogP contribution in [0, 0.1) is 0 Å². The number of hydrogen-bond acceptors (Lipinski definition) is 3. The summed E-state index contributed by atoms with van der Waals surface area (Å²) >= 11 is 0. The molecule has 0 saturated carbocycles. The molecule has 1 N–H and O–H groups in total. The predicted octanol–water partition coefficient (Wildman–Crippen LogP) is 0.290. The number of rotatable bonds is 6. The summed E-state index contributed by atoms with van der Waals surface area (Å²) in [6, 6.07) is 0. The van der Waals surface area contributed by atoms with E-state index in [9.17, 15) is 4.79 Å². The van der Waals surface area contributed by atoms with Crippen LogP contribution in [0.25, 0.3) is 0 Å². The number of carbonyl (C=O) groups is 1. The van der Waals surface area contributed by atoms with Crippen LogP contribution in [-0.4, -0.2) is 45.7 Å². The van der Waals surface area contributed by atoms with Gasteiger partial charge in [0.05, 0.1) is 12.9 Å². The Hall–Kier alpha value is -1.36. The molecule has 0 radical (unpaired) electrons. The first-order valence-corrected chi connectivity index (χ1v) is 4.54. The zero-order valence-corrected chi connectivity index (χ0v) is 8.26. The smallest absolute Gasteiger partial charge is 0.317 e. The zero-order valence-electron chi connectivity index (χ0n) is 8.26. The maximum atomic E-state index is 10.3. The molecular formula is C9H15N3O2. The van der Waals surface area contributed by atoms with E-state index < -0.39 is 5.97 Å². The molecule has 0 amide bonds. The van der Waals surface area contributed by atoms with Crippen LogP contribution in [0.4, 0.5) is 0 Å². The van der Waals surface area contributed by atoms with Gasteiger partial charge >= 0.3 is 5.97 Å². The molecule has 0 unspecified atom stereocenters. The number of carboxylic acids is 1. The number of carboxylic acid groups (broad SMARTS) is 1. The van der Waals surface area contributed by atoms with Gasteiger partial charge in [0.25, 0.3) is 0 Å². The molecule has 78 valence electrons. The first-order chi connectivity index (χ1) is 6.68. The maximum Gasteiger partial charge on any atom is 0.317 e. The second kappa shape index (κ2) is 5.39. The molecule has 0 aliphatic heterocycles. The fourth-order valence-electron chi connectivity index (χ4n) is 1.25. The average molecular weight is 197 g/mol. The van der Waals surface area contributed by atoms with Gasteiger partial charge < -0.3 is 9.67 Å². The highest BCUT2D eigenvalue weighted by molar-refractivity contribution is 5.68. The van der Waals surface area contributed by atoms with E-state index in [2.05, 4.69) is 4.98 Å². The third kappa shape index (κ3) is 4.04. The van der Waals surface area contributed by atoms with Crippen molar-refractivity contribution in [1.29, 1.82) is 0 Å². The van der Waals surface area contributed by atoms with Crippen LogP contribution in [0.5, 0.6) is 0 Å². The Labute approximate surface area is 83.0 Å². The molecule has 1 heterocycles. The molecule has 1 aromatic rings. The van der Waals surface area contributed by atoms with Gasteiger partial charge in [-0.05, 0) is 13.5 Å². The normalized spacial score (nSPS) is 10.7. The molecule has 5 heteroatoms. The molecule has 1 rings (SSSR count). The fourth-order valence-corrected chi connectivity index (χ4v) is 1.25. The summed E-state index contributed by atoms with van der Waals surface area (Å²) in [5.74, 6) is -0.782. The molecule has 0 aromatic carbocycles. The van der Waals surface area contributed by atoms with E-state index in [4.69, 9.17) is 5.11 Å². The summed E-state index contributed by atoms with van der Waals surface area (Å²) in [4.78, 5) is 16.1. The number of hydrogen-bond donors (Lipinski definition) is 1. The lowest BCUT2D eigenvalue weighted by molar-refractivity contribution is -0.137. The van der Waals surface area contributed by atoms with Gasteiger partial charge in [-0.1, -0.05) is 0 Å². The van der Waals surface area contributed by atoms with Gasteiger partial charge in [-0.25, -0.2) is 4.98 Å². The molecule has 0 saturated heterocycles. The second-order valence-corrected chi connectivity index (χ2v) is 3.29. The number of nitrogens with zero attached hydrogens (tertiary/aromatic N) is 3. The van der Waals surface area contributed by atoms with Crippen LogP contribution in [0.15, 0.2) is 18.7 Å². The average Bonchev–Trinajstić information content (AvgIpc) is 2.55. The van der Waals surface area contributed by atoms with Crippen LogP contribution >= 0.6 is 0 Å². The largest absolute Gasteiger partial charge is 0.480 e. The van der Waals surface area contributed by atoms with E-state index in [-0.39, 0.29) is 6.54 Å². The van der Waals surface area contributed by atoms with E-state index in [1.54, 1.807) is 17.4 Å². The molecule has 5 nitrogen and oxygen atoms in total. The minimum Gasteiger partial charge on any atom is -0.480 e. The highest BCUT2D eigenvalue weighted by Crippen LogP contribution is 1.93. The lowest BCUT2D eigenvalue weighted by Crippen LogP contribution is -2.27. The third-order valence-electron chi connectivity index (χ3n) is 1.92. The number of aryl methyl sites for hydroxylation is 1. The number of aliphatic carboxylic acids is 1. The Morgan fingerprint density at radius 1 is 1.64 bits per heavy atom. The molecule has 0 aliphatic carbocycles. The molecule has 0 aliphatic rings. The van der Waals surface area contributed by atoms with E-state index in [0.717, 1.165) is 19.5 Å². The van der Waals surface area contributed by atoms with Crippen molar-refractivity contribution in [2.45, 2.75) is 13.0 Å². The van der Waals surface area contributed by atoms with Crippen molar-refractivity contribution >= 4 is 5.97 Å². The molecule has 0 bridgehead atoms. The highest BCUT2D eigenvalue weighted by Gasteiger charge is 2.02. The van der Waals surface area contributed by atoms with Gasteiger partial charge in [-0.3, -0.25) is 9.69 Å². The van der Waals surface area contributed by atoms with Crippen LogP contribution in [0.3, 0.4) is 0 Å². The predicted molar refractivity (Wildman–Crippen MR) is 52.0 cm³/mol. The maximum absolute atomic E-state index is 10.3. The van der Waals surface area contributed by atoms with Crippen LogP contribution in [0.1, 0.15) is 6.42 Å². The fraction of sp³-hybridized carbons (Fsp3) is 0.556. The van der Waals surface area contributed by atoms with Crippen molar-refractivity contribution in [3.05, 3.63) is 18.7 Å². The van der Waals surface area contributed by atoms with Crippen molar-refractivity contribution in [3.8, 4) is 0 Å². The standard InChI is InChI=1S/C9H15N3O2/c1-11(7-9(13)14)4-2-5-12-6-3-10-8-12/h3,6,8H,2,4-5,7H2,1H3,(H,13,14). The summed E-state index contributed by atoms with van der Waals surface area (Å²) in [5.41, 5.74) is 0. The minimum atomic E-state index is -0.782. The lowest BCUT2D eigenvalue weighted by Gasteiger charge is -2.13. The first kappa shape index (κ1) is 10.7. The Balaban J connectivity index is 2.12. The van der Waals surface area contributed by atoms with Gasteiger partial charge in [0, 0.05) is 25.5 Å². The van der Waals surface area contributed by atoms with Crippen molar-refractivity contribution in [2.24, 2.45) is 0 Å². The van der Waals surface area contributed by atoms with Crippen LogP contribution < -0.4 is 0 Å². The monoisotopic (exact) mass is 197 g/mol. The molecule has 1 aromatic heterocycles. The Bertz CT molecular complexity index is 272. The second-order valence-electron chi connectivity index (χ2n) is 3.29. The van der Waals surface area contributed by atoms with Gasteiger partial charge in [-0.15, -0.1) is 0 Å². The topological polar surface area (TPSA) is 58.4 Å². The first-order valence-electron chi connectivity index (χ1n) is 4.54. The molecule has 0 spiro atoms. The van der Waals surface area contributed by atoms with Crippen LogP contribution in [0.2, 0.25) is 0 Å². The van der Waals surface area contributed by atoms with Crippen molar-refractivity contribution in [3.63, 3.8) is 0 Å². The minimum absolute atomic E-state index is 0.101. The van der Waals surface area contributed by atoms with Gasteiger partial charge in [0.1, 0.15) is 0 Å². The Morgan fingerprint density at radius 3 is 3.00 bits per heavy atom. The summed E-state index contributed by atoms with van der Waals surface area (Å²) in [6.07, 6.45) is 6.33. The van der Waals surface area contributed by atoms with Gasteiger partial charge in [-0.2, -0.15) is 0 Å². The van der Waals surface area contributed by atoms with E-state index in [1.807, 2.05) is 17.8 Å². The zero-order chi connectivity index (χ0) is 10.4. The molecular weight excluding hydrogens is 182 g/mol. The van der Waals surface area contributed by atoms with E-state index >= 15 is 0 Å². The lowest BCUT2D eigenvalue weighted by atomic mass is 10.4. The summed E-state index contributed by atoms with van der Waals surface area (Å²) in [7, 11) is 1.81. The summed E-state index contributed by atoms with van der Waals surface area (Å²) < 4.78 is 1.98. The van der Waals surface area contributed by atoms with Gasteiger partial charge in [0.15, 0.2) is 0 Å². The molecule has 0 fully saturated rings. The Morgan fingerprint density at radius 2 is 2.43 bits per heavy atom. The SMILES string of the molecule is CN(CCCn1ccnc1)CC(=O)O. The Kier molecular flexibility index (Phi) is 4.12. The number of imidazole rings is 1. The molecule has 14 heavy (non-hydrogen) atoms. The molecule has 0 atom stereocenters. The van der Waals surface area contributed by atoms with Crippen LogP contribution in [-0.2, 0) is 11.3 Å². The third-order valence-corrected chi connectivity index (χ3v) is 1.92. The number of likely N-dealkylation sites (N-methyl/N-ethyl adjacent to an activating group) is 1. The number of aromatic nitrogens is 2. The van der Waals surface area contributed by atoms with E-state index in [0.29, 0.717) is 0 Å². The summed E-state index contributed by atoms with van der Waals surface area (Å²) in [5, 5.41) is 8.51. The summed E-state index contributed by atoms with van der Waals surface area (Å²) in [6.45, 7) is 1.76. The van der Waals surface area contributed by atoms with E-state index in [1.165, 1.54) is 0 Å².